The van der Waals surface area contributed by atoms with E-state index in [-0.39, 0.29) is 5.41 Å². The average Bonchev–Trinajstić information content (AvgIpc) is 3.77. The molecule has 1 spiro atoms. The third-order valence-corrected chi connectivity index (χ3v) is 14.9. The molecule has 266 valence electrons. The summed E-state index contributed by atoms with van der Waals surface area (Å²) in [6, 6.07) is 59.7. The molecule has 0 N–H and O–H groups in total. The number of aromatic nitrogens is 1. The summed E-state index contributed by atoms with van der Waals surface area (Å²) < 4.78 is 5.31. The number of anilines is 3. The highest BCUT2D eigenvalue weighted by molar-refractivity contribution is 7.26. The van der Waals surface area contributed by atoms with Crippen LogP contribution < -0.4 is 4.90 Å². The van der Waals surface area contributed by atoms with Crippen molar-refractivity contribution in [2.45, 2.75) is 44.4 Å². The van der Waals surface area contributed by atoms with E-state index in [4.69, 9.17) is 0 Å². The molecular formula is C52H42N2S. The number of thiophene rings is 1. The normalized spacial score (nSPS) is 21.4. The van der Waals surface area contributed by atoms with E-state index >= 15 is 0 Å². The van der Waals surface area contributed by atoms with Crippen LogP contribution in [0.15, 0.2) is 158 Å². The maximum absolute atomic E-state index is 2.64. The Balaban J connectivity index is 1.14. The molecule has 9 aromatic rings. The molecule has 4 atom stereocenters. The van der Waals surface area contributed by atoms with Gasteiger partial charge in [0.2, 0.25) is 0 Å². The highest BCUT2D eigenvalue weighted by atomic mass is 32.1. The molecule has 1 aliphatic heterocycles. The Bertz CT molecular complexity index is 2950. The third-order valence-electron chi connectivity index (χ3n) is 13.6. The minimum absolute atomic E-state index is 0.0129. The number of hydrogen-bond acceptors (Lipinski definition) is 2. The van der Waals surface area contributed by atoms with E-state index in [2.05, 4.69) is 174 Å². The predicted octanol–water partition coefficient (Wildman–Crippen LogP) is 14.7. The highest BCUT2D eigenvalue weighted by Gasteiger charge is 2.56. The number of benzene rings is 7. The van der Waals surface area contributed by atoms with Crippen molar-refractivity contribution in [3.63, 3.8) is 0 Å². The van der Waals surface area contributed by atoms with Crippen LogP contribution in [0.2, 0.25) is 0 Å². The van der Waals surface area contributed by atoms with Crippen LogP contribution in [0.3, 0.4) is 0 Å². The molecule has 55 heavy (non-hydrogen) atoms. The molecule has 12 rings (SSSR count). The van der Waals surface area contributed by atoms with Crippen LogP contribution >= 0.6 is 11.3 Å². The Morgan fingerprint density at radius 3 is 2.16 bits per heavy atom. The molecule has 2 fully saturated rings. The lowest BCUT2D eigenvalue weighted by Gasteiger charge is -2.57. The van der Waals surface area contributed by atoms with Crippen LogP contribution in [-0.2, 0) is 5.41 Å². The summed E-state index contributed by atoms with van der Waals surface area (Å²) in [5.41, 5.74) is 13.3. The zero-order valence-corrected chi connectivity index (χ0v) is 31.9. The fraction of sp³-hybridized carbons (Fsp3) is 0.192. The van der Waals surface area contributed by atoms with E-state index < -0.39 is 0 Å². The van der Waals surface area contributed by atoms with Crippen LogP contribution in [0.5, 0.6) is 0 Å². The largest absolute Gasteiger partial charge is 0.310 e. The molecule has 3 heterocycles. The molecule has 2 aromatic heterocycles. The smallest absolute Gasteiger partial charge is 0.0584 e. The Morgan fingerprint density at radius 2 is 1.29 bits per heavy atom. The van der Waals surface area contributed by atoms with Gasteiger partial charge in [0.05, 0.1) is 16.7 Å². The Morgan fingerprint density at radius 1 is 0.582 bits per heavy atom. The lowest BCUT2D eigenvalue weighted by molar-refractivity contribution is 0.0533. The maximum atomic E-state index is 2.64. The zero-order chi connectivity index (χ0) is 36.3. The predicted molar refractivity (Wildman–Crippen MR) is 234 cm³/mol. The summed E-state index contributed by atoms with van der Waals surface area (Å²) >= 11 is 1.91. The average molecular weight is 727 g/mol. The number of nitrogens with zero attached hydrogens (tertiary/aromatic N) is 2. The van der Waals surface area contributed by atoms with Crippen molar-refractivity contribution in [3.8, 4) is 16.8 Å². The summed E-state index contributed by atoms with van der Waals surface area (Å²) in [5, 5.41) is 5.37. The van der Waals surface area contributed by atoms with Crippen molar-refractivity contribution < 1.29 is 0 Å². The number of hydrogen-bond donors (Lipinski definition) is 0. The van der Waals surface area contributed by atoms with Crippen molar-refractivity contribution in [1.82, 2.24) is 4.57 Å². The molecule has 7 aromatic carbocycles. The van der Waals surface area contributed by atoms with Gasteiger partial charge in [-0.05, 0) is 120 Å². The molecule has 0 radical (unpaired) electrons. The van der Waals surface area contributed by atoms with Crippen molar-refractivity contribution in [2.75, 3.05) is 4.90 Å². The first-order valence-electron chi connectivity index (χ1n) is 20.2. The number of fused-ring (bicyclic) bond motifs is 8. The standard InChI is InChI=1S/C52H42N2S/c1-33-28-35-15-12-16-36(29-33)52(35)45-24-7-9-26-48(45)54-47-25-8-5-20-41(47)44-31-39(32-46(52)50(44)54)53(37-17-3-2-4-18-37)38-19-11-14-34(30-38)40-22-13-23-43-42-21-6-10-27-49(42)55-51(40)43/h2-11,13-14,17-27,30-33,35-36H,12,15-16,28-29H2,1H3/t33?,35-,36+,52?. The van der Waals surface area contributed by atoms with E-state index in [0.717, 1.165) is 5.92 Å². The first-order valence-corrected chi connectivity index (χ1v) is 21.0. The van der Waals surface area contributed by atoms with Gasteiger partial charge in [-0.1, -0.05) is 116 Å². The van der Waals surface area contributed by atoms with Gasteiger partial charge in [0.15, 0.2) is 0 Å². The molecule has 2 unspecified atom stereocenters. The monoisotopic (exact) mass is 726 g/mol. The van der Waals surface area contributed by atoms with E-state index in [9.17, 15) is 0 Å². The summed E-state index contributed by atoms with van der Waals surface area (Å²) in [7, 11) is 0. The first kappa shape index (κ1) is 31.7. The van der Waals surface area contributed by atoms with Gasteiger partial charge in [-0.15, -0.1) is 11.3 Å². The SMILES string of the molecule is CC1C[C@H]2CCC[C@@H](C1)C21c2ccccc2-n2c3ccccc3c3cc(N(c4ccccc4)c4cccc(-c5cccc6c5sc5ccccc56)c4)cc1c32. The third kappa shape index (κ3) is 4.42. The van der Waals surface area contributed by atoms with Gasteiger partial charge in [0.25, 0.3) is 0 Å². The van der Waals surface area contributed by atoms with Crippen LogP contribution in [0, 0.1) is 17.8 Å². The van der Waals surface area contributed by atoms with Gasteiger partial charge in [0, 0.05) is 53.4 Å². The Labute approximate surface area is 326 Å². The number of para-hydroxylation sites is 3. The molecule has 0 saturated heterocycles. The first-order chi connectivity index (χ1) is 27.2. The van der Waals surface area contributed by atoms with Crippen molar-refractivity contribution >= 4 is 70.4 Å². The van der Waals surface area contributed by atoms with E-state index in [0.29, 0.717) is 11.8 Å². The van der Waals surface area contributed by atoms with Gasteiger partial charge >= 0.3 is 0 Å². The second-order valence-corrected chi connectivity index (χ2v) is 17.6. The van der Waals surface area contributed by atoms with Gasteiger partial charge < -0.3 is 9.47 Å². The quantitative estimate of drug-likeness (QED) is 0.175. The van der Waals surface area contributed by atoms with Crippen molar-refractivity contribution in [2.24, 2.45) is 17.8 Å². The second kappa shape index (κ2) is 11.9. The topological polar surface area (TPSA) is 8.17 Å². The molecule has 3 heteroatoms. The van der Waals surface area contributed by atoms with Gasteiger partial charge in [-0.2, -0.15) is 0 Å². The summed E-state index contributed by atoms with van der Waals surface area (Å²) in [6.45, 7) is 2.51. The Kier molecular flexibility index (Phi) is 6.87. The Hall–Kier alpha value is -5.64. The van der Waals surface area contributed by atoms with E-state index in [1.54, 1.807) is 11.1 Å². The number of rotatable bonds is 4. The molecule has 2 saturated carbocycles. The molecule has 3 aliphatic rings. The summed E-state index contributed by atoms with van der Waals surface area (Å²) in [6.07, 6.45) is 6.53. The molecule has 0 amide bonds. The lowest BCUT2D eigenvalue weighted by Crippen LogP contribution is -2.52. The van der Waals surface area contributed by atoms with Crippen molar-refractivity contribution in [1.29, 1.82) is 0 Å². The maximum Gasteiger partial charge on any atom is 0.0584 e. The van der Waals surface area contributed by atoms with Crippen LogP contribution in [-0.4, -0.2) is 4.57 Å². The minimum Gasteiger partial charge on any atom is -0.310 e. The molecular weight excluding hydrogens is 685 g/mol. The fourth-order valence-corrected chi connectivity index (χ4v) is 12.9. The van der Waals surface area contributed by atoms with Crippen LogP contribution in [0.1, 0.15) is 50.2 Å². The second-order valence-electron chi connectivity index (χ2n) is 16.5. The van der Waals surface area contributed by atoms with Gasteiger partial charge in [-0.3, -0.25) is 0 Å². The van der Waals surface area contributed by atoms with E-state index in [1.807, 2.05) is 11.3 Å². The van der Waals surface area contributed by atoms with Crippen molar-refractivity contribution in [3.05, 3.63) is 169 Å². The zero-order valence-electron chi connectivity index (χ0n) is 31.1. The molecule has 2 bridgehead atoms. The molecule has 2 aliphatic carbocycles. The fourth-order valence-electron chi connectivity index (χ4n) is 11.7. The van der Waals surface area contributed by atoms with E-state index in [1.165, 1.54) is 108 Å². The van der Waals surface area contributed by atoms with Gasteiger partial charge in [-0.25, -0.2) is 0 Å². The molecule has 2 nitrogen and oxygen atoms in total. The lowest BCUT2D eigenvalue weighted by atomic mass is 9.47. The summed E-state index contributed by atoms with van der Waals surface area (Å²) in [4.78, 5) is 2.53. The van der Waals surface area contributed by atoms with Crippen LogP contribution in [0.25, 0.3) is 58.8 Å². The minimum atomic E-state index is -0.0129. The van der Waals surface area contributed by atoms with Gasteiger partial charge in [0.1, 0.15) is 0 Å². The highest BCUT2D eigenvalue weighted by Crippen LogP contribution is 2.64. The van der Waals surface area contributed by atoms with Crippen LogP contribution in [0.4, 0.5) is 17.1 Å². The summed E-state index contributed by atoms with van der Waals surface area (Å²) in [5.74, 6) is 2.00.